The molecule has 112 valence electrons. The van der Waals surface area contributed by atoms with Crippen molar-refractivity contribution >= 4 is 23.4 Å². The molecule has 0 bridgehead atoms. The summed E-state index contributed by atoms with van der Waals surface area (Å²) in [5.41, 5.74) is 2.53. The van der Waals surface area contributed by atoms with Crippen LogP contribution in [0.15, 0.2) is 52.3 Å². The first kappa shape index (κ1) is 16.4. The van der Waals surface area contributed by atoms with Crippen molar-refractivity contribution in [3.63, 3.8) is 0 Å². The van der Waals surface area contributed by atoms with Crippen molar-refractivity contribution in [3.05, 3.63) is 58.6 Å². The normalized spacial score (nSPS) is 11.1. The minimum atomic E-state index is 0.650. The van der Waals surface area contributed by atoms with Crippen LogP contribution >= 0.6 is 23.4 Å². The molecule has 21 heavy (non-hydrogen) atoms. The van der Waals surface area contributed by atoms with E-state index in [-0.39, 0.29) is 0 Å². The molecule has 0 aromatic heterocycles. The third-order valence-electron chi connectivity index (χ3n) is 3.16. The summed E-state index contributed by atoms with van der Waals surface area (Å²) in [6.07, 6.45) is 0. The van der Waals surface area contributed by atoms with Crippen LogP contribution in [0, 0.1) is 12.8 Å². The summed E-state index contributed by atoms with van der Waals surface area (Å²) in [5.74, 6) is 0.650. The Balaban J connectivity index is 2.15. The molecule has 3 heteroatoms. The third kappa shape index (κ3) is 5.06. The van der Waals surface area contributed by atoms with Gasteiger partial charge in [0.1, 0.15) is 0 Å². The second kappa shape index (κ2) is 7.88. The molecule has 0 amide bonds. The second-order valence-corrected chi connectivity index (χ2v) is 7.16. The smallest absolute Gasteiger partial charge is 0.0548 e. The predicted octanol–water partition coefficient (Wildman–Crippen LogP) is 5.55. The fourth-order valence-electron chi connectivity index (χ4n) is 2.03. The molecule has 0 radical (unpaired) electrons. The minimum absolute atomic E-state index is 0.650. The van der Waals surface area contributed by atoms with Gasteiger partial charge in [-0.25, -0.2) is 0 Å². The number of halogens is 1. The average molecular weight is 320 g/mol. The van der Waals surface area contributed by atoms with Crippen molar-refractivity contribution in [1.82, 2.24) is 5.32 Å². The van der Waals surface area contributed by atoms with Crippen LogP contribution in [0.25, 0.3) is 0 Å². The summed E-state index contributed by atoms with van der Waals surface area (Å²) in [6, 6.07) is 14.7. The van der Waals surface area contributed by atoms with Crippen molar-refractivity contribution in [2.45, 2.75) is 37.1 Å². The summed E-state index contributed by atoms with van der Waals surface area (Å²) in [7, 11) is 0. The standard InChI is InChI=1S/C18H22ClNS/c1-13(2)11-20-12-15-5-4-6-17(19)18(15)21-16-9-7-14(3)8-10-16/h4-10,13,20H,11-12H2,1-3H3. The fraction of sp³-hybridized carbons (Fsp3) is 0.333. The van der Waals surface area contributed by atoms with E-state index in [9.17, 15) is 0 Å². The maximum absolute atomic E-state index is 6.40. The largest absolute Gasteiger partial charge is 0.312 e. The number of hydrogen-bond acceptors (Lipinski definition) is 2. The van der Waals surface area contributed by atoms with Crippen molar-refractivity contribution < 1.29 is 0 Å². The second-order valence-electron chi connectivity index (χ2n) is 5.67. The summed E-state index contributed by atoms with van der Waals surface area (Å²) in [4.78, 5) is 2.37. The van der Waals surface area contributed by atoms with Gasteiger partial charge in [0.2, 0.25) is 0 Å². The van der Waals surface area contributed by atoms with Gasteiger partial charge in [-0.1, -0.05) is 67.0 Å². The number of rotatable bonds is 6. The molecule has 0 spiro atoms. The Labute approximate surface area is 137 Å². The molecule has 2 aromatic rings. The number of aryl methyl sites for hydroxylation is 1. The van der Waals surface area contributed by atoms with Gasteiger partial charge in [-0.05, 0) is 43.1 Å². The lowest BCUT2D eigenvalue weighted by Gasteiger charge is -2.13. The van der Waals surface area contributed by atoms with Gasteiger partial charge in [-0.3, -0.25) is 0 Å². The molecule has 0 atom stereocenters. The predicted molar refractivity (Wildman–Crippen MR) is 93.3 cm³/mol. The molecule has 0 saturated heterocycles. The van der Waals surface area contributed by atoms with Crippen LogP contribution < -0.4 is 5.32 Å². The van der Waals surface area contributed by atoms with E-state index in [1.165, 1.54) is 16.0 Å². The van der Waals surface area contributed by atoms with E-state index in [1.54, 1.807) is 11.8 Å². The highest BCUT2D eigenvalue weighted by Crippen LogP contribution is 2.36. The summed E-state index contributed by atoms with van der Waals surface area (Å²) in [6.45, 7) is 8.40. The van der Waals surface area contributed by atoms with Crippen molar-refractivity contribution in [2.75, 3.05) is 6.54 Å². The van der Waals surface area contributed by atoms with Crippen LogP contribution in [0.2, 0.25) is 5.02 Å². The van der Waals surface area contributed by atoms with Crippen molar-refractivity contribution in [1.29, 1.82) is 0 Å². The molecular weight excluding hydrogens is 298 g/mol. The molecule has 0 saturated carbocycles. The topological polar surface area (TPSA) is 12.0 Å². The Bertz CT molecular complexity index is 578. The first-order valence-electron chi connectivity index (χ1n) is 7.29. The zero-order valence-corrected chi connectivity index (χ0v) is 14.4. The lowest BCUT2D eigenvalue weighted by atomic mass is 10.2. The summed E-state index contributed by atoms with van der Waals surface area (Å²) in [5, 5.41) is 4.32. The molecule has 2 aromatic carbocycles. The Morgan fingerprint density at radius 2 is 1.81 bits per heavy atom. The van der Waals surface area contributed by atoms with Crippen LogP contribution in [0.1, 0.15) is 25.0 Å². The molecule has 0 unspecified atom stereocenters. The molecule has 0 heterocycles. The Hall–Kier alpha value is -0.960. The highest BCUT2D eigenvalue weighted by molar-refractivity contribution is 7.99. The first-order chi connectivity index (χ1) is 10.1. The molecule has 1 nitrogen and oxygen atoms in total. The van der Waals surface area contributed by atoms with Gasteiger partial charge in [-0.2, -0.15) is 0 Å². The monoisotopic (exact) mass is 319 g/mol. The highest BCUT2D eigenvalue weighted by atomic mass is 35.5. The van der Waals surface area contributed by atoms with Crippen LogP contribution in [0.3, 0.4) is 0 Å². The van der Waals surface area contributed by atoms with E-state index >= 15 is 0 Å². The molecule has 0 fully saturated rings. The van der Waals surface area contributed by atoms with Gasteiger partial charge < -0.3 is 5.32 Å². The lowest BCUT2D eigenvalue weighted by molar-refractivity contribution is 0.550. The van der Waals surface area contributed by atoms with Crippen molar-refractivity contribution in [2.24, 2.45) is 5.92 Å². The molecule has 0 aliphatic rings. The molecule has 1 N–H and O–H groups in total. The van der Waals surface area contributed by atoms with E-state index in [2.05, 4.69) is 56.4 Å². The van der Waals surface area contributed by atoms with Gasteiger partial charge in [-0.15, -0.1) is 0 Å². The van der Waals surface area contributed by atoms with Gasteiger partial charge >= 0.3 is 0 Å². The van der Waals surface area contributed by atoms with E-state index in [4.69, 9.17) is 11.6 Å². The number of hydrogen-bond donors (Lipinski definition) is 1. The van der Waals surface area contributed by atoms with Gasteiger partial charge in [0.25, 0.3) is 0 Å². The molecule has 0 aliphatic heterocycles. The van der Waals surface area contributed by atoms with Crippen molar-refractivity contribution in [3.8, 4) is 0 Å². The Morgan fingerprint density at radius 3 is 2.48 bits per heavy atom. The van der Waals surface area contributed by atoms with E-state index in [1.807, 2.05) is 12.1 Å². The van der Waals surface area contributed by atoms with Crippen LogP contribution in [0.5, 0.6) is 0 Å². The first-order valence-corrected chi connectivity index (χ1v) is 8.48. The fourth-order valence-corrected chi connectivity index (χ4v) is 3.28. The Morgan fingerprint density at radius 1 is 1.10 bits per heavy atom. The van der Waals surface area contributed by atoms with Crippen LogP contribution in [0.4, 0.5) is 0 Å². The highest BCUT2D eigenvalue weighted by Gasteiger charge is 2.09. The maximum atomic E-state index is 6.40. The van der Waals surface area contributed by atoms with Gasteiger partial charge in [0.15, 0.2) is 0 Å². The Kier molecular flexibility index (Phi) is 6.16. The van der Waals surface area contributed by atoms with Crippen LogP contribution in [-0.4, -0.2) is 6.54 Å². The molecule has 2 rings (SSSR count). The third-order valence-corrected chi connectivity index (χ3v) is 4.78. The number of benzene rings is 2. The average Bonchev–Trinajstić information content (AvgIpc) is 2.44. The quantitative estimate of drug-likeness (QED) is 0.749. The van der Waals surface area contributed by atoms with Gasteiger partial charge in [0, 0.05) is 16.3 Å². The molecular formula is C18H22ClNS. The summed E-state index contributed by atoms with van der Waals surface area (Å²) < 4.78 is 0. The summed E-state index contributed by atoms with van der Waals surface area (Å²) >= 11 is 8.14. The SMILES string of the molecule is Cc1ccc(Sc2c(Cl)cccc2CNCC(C)C)cc1. The number of nitrogens with one attached hydrogen (secondary N) is 1. The van der Waals surface area contributed by atoms with Crippen LogP contribution in [-0.2, 0) is 6.54 Å². The van der Waals surface area contributed by atoms with Gasteiger partial charge in [0.05, 0.1) is 5.02 Å². The lowest BCUT2D eigenvalue weighted by Crippen LogP contribution is -2.19. The van der Waals surface area contributed by atoms with E-state index < -0.39 is 0 Å². The zero-order valence-electron chi connectivity index (χ0n) is 12.8. The maximum Gasteiger partial charge on any atom is 0.0548 e. The minimum Gasteiger partial charge on any atom is -0.312 e. The molecule has 0 aliphatic carbocycles. The van der Waals surface area contributed by atoms with E-state index in [0.717, 1.165) is 23.0 Å². The van der Waals surface area contributed by atoms with E-state index in [0.29, 0.717) is 5.92 Å². The zero-order chi connectivity index (χ0) is 15.2.